The Bertz CT molecular complexity index is 1400. The number of rotatable bonds is 6. The van der Waals surface area contributed by atoms with Crippen molar-refractivity contribution in [3.63, 3.8) is 0 Å². The summed E-state index contributed by atoms with van der Waals surface area (Å²) in [5.41, 5.74) is 6.14. The predicted molar refractivity (Wildman–Crippen MR) is 136 cm³/mol. The lowest BCUT2D eigenvalue weighted by Crippen LogP contribution is -2.32. The molecule has 0 aliphatic carbocycles. The maximum atomic E-state index is 13.7. The van der Waals surface area contributed by atoms with E-state index >= 15 is 0 Å². The Morgan fingerprint density at radius 1 is 1.00 bits per heavy atom. The van der Waals surface area contributed by atoms with Crippen molar-refractivity contribution in [1.82, 2.24) is 14.8 Å². The minimum absolute atomic E-state index is 0.205. The number of carbonyl (C=O) groups excluding carboxylic acids is 1. The van der Waals surface area contributed by atoms with Crippen molar-refractivity contribution >= 4 is 17.5 Å². The van der Waals surface area contributed by atoms with E-state index in [4.69, 9.17) is 4.74 Å². The van der Waals surface area contributed by atoms with Crippen molar-refractivity contribution in [1.29, 1.82) is 0 Å². The zero-order valence-electron chi connectivity index (χ0n) is 19.9. The lowest BCUT2D eigenvalue weighted by atomic mass is 9.94. The van der Waals surface area contributed by atoms with E-state index in [1.165, 1.54) is 11.9 Å². The fraction of sp³-hybridized carbons (Fsp3) is 0.179. The van der Waals surface area contributed by atoms with Crippen LogP contribution in [0.15, 0.2) is 90.4 Å². The van der Waals surface area contributed by atoms with Crippen molar-refractivity contribution in [2.75, 3.05) is 10.6 Å². The van der Waals surface area contributed by atoms with E-state index in [1.54, 1.807) is 4.68 Å². The molecule has 1 aliphatic rings. The molecule has 35 heavy (non-hydrogen) atoms. The predicted octanol–water partition coefficient (Wildman–Crippen LogP) is 5.40. The SMILES string of the molecule is CC1=C(C(=O)Nc2ccccc2C)[C@@H](c2ccccc2OCc2ccc(C)cc2)n2ncnc2N1. The van der Waals surface area contributed by atoms with Crippen LogP contribution in [0.1, 0.15) is 35.2 Å². The fourth-order valence-electron chi connectivity index (χ4n) is 4.26. The molecule has 4 aromatic rings. The van der Waals surface area contributed by atoms with Gasteiger partial charge < -0.3 is 15.4 Å². The van der Waals surface area contributed by atoms with E-state index in [-0.39, 0.29) is 5.91 Å². The van der Waals surface area contributed by atoms with Crippen molar-refractivity contribution in [3.05, 3.63) is 113 Å². The zero-order chi connectivity index (χ0) is 24.4. The van der Waals surface area contributed by atoms with E-state index in [0.717, 1.165) is 28.1 Å². The first-order chi connectivity index (χ1) is 17.0. The second-order valence-electron chi connectivity index (χ2n) is 8.68. The summed E-state index contributed by atoms with van der Waals surface area (Å²) in [6.07, 6.45) is 1.49. The van der Waals surface area contributed by atoms with Crippen LogP contribution < -0.4 is 15.4 Å². The molecule has 0 fully saturated rings. The molecule has 0 saturated heterocycles. The van der Waals surface area contributed by atoms with Gasteiger partial charge in [-0.1, -0.05) is 66.2 Å². The fourth-order valence-corrected chi connectivity index (χ4v) is 4.26. The first-order valence-corrected chi connectivity index (χ1v) is 11.5. The van der Waals surface area contributed by atoms with E-state index in [0.29, 0.717) is 23.9 Å². The number of nitrogens with zero attached hydrogens (tertiary/aromatic N) is 3. The molecule has 176 valence electrons. The van der Waals surface area contributed by atoms with Gasteiger partial charge in [-0.05, 0) is 44.0 Å². The molecule has 0 spiro atoms. The Balaban J connectivity index is 1.52. The van der Waals surface area contributed by atoms with Crippen molar-refractivity contribution < 1.29 is 9.53 Å². The van der Waals surface area contributed by atoms with Gasteiger partial charge in [0.25, 0.3) is 5.91 Å². The Labute approximate surface area is 204 Å². The molecule has 7 nitrogen and oxygen atoms in total. The maximum Gasteiger partial charge on any atom is 0.255 e. The number of amides is 1. The summed E-state index contributed by atoms with van der Waals surface area (Å²) in [5, 5.41) is 10.7. The standard InChI is InChI=1S/C28H27N5O2/c1-18-12-14-21(15-13-18)16-35-24-11-7-5-9-22(24)26-25(20(3)31-28-29-17-30-33(26)28)27(34)32-23-10-6-4-8-19(23)2/h4-15,17,26H,16H2,1-3H3,(H,32,34)(H,29,30,31)/t26-/m1/s1. The molecule has 0 saturated carbocycles. The van der Waals surface area contributed by atoms with Gasteiger partial charge in [-0.3, -0.25) is 4.79 Å². The Kier molecular flexibility index (Phi) is 6.06. The second kappa shape index (κ2) is 9.46. The Hall–Kier alpha value is -4.39. The van der Waals surface area contributed by atoms with Crippen molar-refractivity contribution in [3.8, 4) is 5.75 Å². The van der Waals surface area contributed by atoms with Crippen LogP contribution in [0.5, 0.6) is 5.75 Å². The van der Waals surface area contributed by atoms with Gasteiger partial charge in [-0.25, -0.2) is 4.68 Å². The van der Waals surface area contributed by atoms with E-state index in [2.05, 4.69) is 51.9 Å². The van der Waals surface area contributed by atoms with Crippen LogP contribution in [-0.4, -0.2) is 20.7 Å². The van der Waals surface area contributed by atoms with Gasteiger partial charge in [-0.2, -0.15) is 10.1 Å². The number of aromatic nitrogens is 3. The number of nitrogens with one attached hydrogen (secondary N) is 2. The van der Waals surface area contributed by atoms with Gasteiger partial charge in [0.05, 0.1) is 5.57 Å². The largest absolute Gasteiger partial charge is 0.489 e. The van der Waals surface area contributed by atoms with Crippen LogP contribution in [0.3, 0.4) is 0 Å². The summed E-state index contributed by atoms with van der Waals surface area (Å²) in [6, 6.07) is 23.2. The number of aryl methyl sites for hydroxylation is 2. The van der Waals surface area contributed by atoms with Gasteiger partial charge in [0.1, 0.15) is 24.7 Å². The highest BCUT2D eigenvalue weighted by molar-refractivity contribution is 6.06. The normalized spacial score (nSPS) is 14.8. The van der Waals surface area contributed by atoms with Crippen LogP contribution in [0.25, 0.3) is 0 Å². The van der Waals surface area contributed by atoms with E-state index in [1.807, 2.05) is 62.4 Å². The van der Waals surface area contributed by atoms with Crippen LogP contribution in [0.4, 0.5) is 11.6 Å². The molecule has 3 aromatic carbocycles. The smallest absolute Gasteiger partial charge is 0.255 e. The quantitative estimate of drug-likeness (QED) is 0.398. The van der Waals surface area contributed by atoms with Crippen LogP contribution in [-0.2, 0) is 11.4 Å². The molecular formula is C28H27N5O2. The summed E-state index contributed by atoms with van der Waals surface area (Å²) < 4.78 is 8.00. The average molecular weight is 466 g/mol. The van der Waals surface area contributed by atoms with Crippen LogP contribution >= 0.6 is 0 Å². The molecule has 0 unspecified atom stereocenters. The zero-order valence-corrected chi connectivity index (χ0v) is 19.9. The minimum atomic E-state index is -0.507. The van der Waals surface area contributed by atoms with Gasteiger partial charge in [0.2, 0.25) is 5.95 Å². The molecule has 0 radical (unpaired) electrons. The molecule has 7 heteroatoms. The molecule has 1 atom stereocenters. The second-order valence-corrected chi connectivity index (χ2v) is 8.68. The van der Waals surface area contributed by atoms with Crippen LogP contribution in [0, 0.1) is 13.8 Å². The number of hydrogen-bond donors (Lipinski definition) is 2. The number of carbonyl (C=O) groups is 1. The van der Waals surface area contributed by atoms with Gasteiger partial charge in [-0.15, -0.1) is 0 Å². The molecule has 0 bridgehead atoms. The summed E-state index contributed by atoms with van der Waals surface area (Å²) in [4.78, 5) is 18.0. The lowest BCUT2D eigenvalue weighted by Gasteiger charge is -2.30. The number of fused-ring (bicyclic) bond motifs is 1. The Morgan fingerprint density at radius 3 is 2.54 bits per heavy atom. The molecule has 1 aliphatic heterocycles. The highest BCUT2D eigenvalue weighted by atomic mass is 16.5. The average Bonchev–Trinajstić information content (AvgIpc) is 3.32. The van der Waals surface area contributed by atoms with E-state index < -0.39 is 6.04 Å². The number of anilines is 2. The molecule has 1 aromatic heterocycles. The van der Waals surface area contributed by atoms with Crippen molar-refractivity contribution in [2.24, 2.45) is 0 Å². The van der Waals surface area contributed by atoms with Gasteiger partial charge >= 0.3 is 0 Å². The molecular weight excluding hydrogens is 438 g/mol. The Morgan fingerprint density at radius 2 is 1.74 bits per heavy atom. The summed E-state index contributed by atoms with van der Waals surface area (Å²) >= 11 is 0. The number of ether oxygens (including phenoxy) is 1. The van der Waals surface area contributed by atoms with Gasteiger partial charge in [0.15, 0.2) is 0 Å². The summed E-state index contributed by atoms with van der Waals surface area (Å²) in [6.45, 7) is 6.33. The molecule has 5 rings (SSSR count). The van der Waals surface area contributed by atoms with Gasteiger partial charge in [0, 0.05) is 16.9 Å². The number of para-hydroxylation sites is 2. The first-order valence-electron chi connectivity index (χ1n) is 11.5. The highest BCUT2D eigenvalue weighted by Gasteiger charge is 2.35. The minimum Gasteiger partial charge on any atom is -0.489 e. The molecule has 2 N–H and O–H groups in total. The van der Waals surface area contributed by atoms with Crippen molar-refractivity contribution in [2.45, 2.75) is 33.4 Å². The topological polar surface area (TPSA) is 81.1 Å². The monoisotopic (exact) mass is 465 g/mol. The summed E-state index contributed by atoms with van der Waals surface area (Å²) in [5.74, 6) is 1.06. The maximum absolute atomic E-state index is 13.7. The molecule has 1 amide bonds. The number of allylic oxidation sites excluding steroid dienone is 1. The first kappa shape index (κ1) is 22.4. The third-order valence-corrected chi connectivity index (χ3v) is 6.16. The highest BCUT2D eigenvalue weighted by Crippen LogP contribution is 2.39. The summed E-state index contributed by atoms with van der Waals surface area (Å²) in [7, 11) is 0. The third kappa shape index (κ3) is 4.53. The molecule has 2 heterocycles. The van der Waals surface area contributed by atoms with Crippen LogP contribution in [0.2, 0.25) is 0 Å². The third-order valence-electron chi connectivity index (χ3n) is 6.16. The lowest BCUT2D eigenvalue weighted by molar-refractivity contribution is -0.113. The number of hydrogen-bond acceptors (Lipinski definition) is 5. The number of benzene rings is 3. The van der Waals surface area contributed by atoms with E-state index in [9.17, 15) is 4.79 Å².